The van der Waals surface area contributed by atoms with Crippen LogP contribution in [0.4, 0.5) is 0 Å². The molecule has 0 N–H and O–H groups in total. The average Bonchev–Trinajstić information content (AvgIpc) is 2.34. The highest BCUT2D eigenvalue weighted by Gasteiger charge is 2.31. The largest absolute Gasteiger partial charge is 0.361 e. The zero-order valence-electron chi connectivity index (χ0n) is 7.05. The van der Waals surface area contributed by atoms with Crippen molar-refractivity contribution in [3.63, 3.8) is 0 Å². The van der Waals surface area contributed by atoms with Crippen LogP contribution in [0.5, 0.6) is 0 Å². The van der Waals surface area contributed by atoms with Gasteiger partial charge in [0.15, 0.2) is 0 Å². The third-order valence-corrected chi connectivity index (χ3v) is 2.51. The Labute approximate surface area is 66.6 Å². The van der Waals surface area contributed by atoms with Crippen molar-refractivity contribution in [3.05, 3.63) is 17.5 Å². The molecule has 0 fully saturated rings. The molecule has 1 aliphatic rings. The highest BCUT2D eigenvalue weighted by molar-refractivity contribution is 5.24. The lowest BCUT2D eigenvalue weighted by Gasteiger charge is -2.26. The molecule has 0 saturated carbocycles. The van der Waals surface area contributed by atoms with Crippen LogP contribution in [0.15, 0.2) is 10.7 Å². The van der Waals surface area contributed by atoms with Gasteiger partial charge in [0.05, 0.1) is 6.20 Å². The summed E-state index contributed by atoms with van der Waals surface area (Å²) in [6.07, 6.45) is 5.48. The maximum atomic E-state index is 5.22. The number of aryl methyl sites for hydroxylation is 1. The van der Waals surface area contributed by atoms with Gasteiger partial charge < -0.3 is 4.52 Å². The topological polar surface area (TPSA) is 26.0 Å². The van der Waals surface area contributed by atoms with E-state index in [9.17, 15) is 0 Å². The molecule has 2 nitrogen and oxygen atoms in total. The molecule has 0 aliphatic heterocycles. The fourth-order valence-corrected chi connectivity index (χ4v) is 1.83. The maximum absolute atomic E-state index is 5.22. The van der Waals surface area contributed by atoms with Gasteiger partial charge in [0, 0.05) is 11.0 Å². The molecule has 0 saturated heterocycles. The van der Waals surface area contributed by atoms with Crippen LogP contribution in [0.3, 0.4) is 0 Å². The van der Waals surface area contributed by atoms with Crippen LogP contribution in [0.2, 0.25) is 0 Å². The molecule has 0 unspecified atom stereocenters. The van der Waals surface area contributed by atoms with E-state index >= 15 is 0 Å². The highest BCUT2D eigenvalue weighted by atomic mass is 16.5. The smallest absolute Gasteiger partial charge is 0.145 e. The second kappa shape index (κ2) is 2.10. The molecule has 1 aromatic heterocycles. The van der Waals surface area contributed by atoms with Crippen LogP contribution < -0.4 is 0 Å². The molecule has 0 bridgehead atoms. The van der Waals surface area contributed by atoms with Crippen molar-refractivity contribution in [1.29, 1.82) is 0 Å². The minimum absolute atomic E-state index is 0.212. The van der Waals surface area contributed by atoms with E-state index in [-0.39, 0.29) is 5.41 Å². The first kappa shape index (κ1) is 6.89. The normalized spacial score (nSPS) is 21.3. The number of fused-ring (bicyclic) bond motifs is 1. The number of hydrogen-bond acceptors (Lipinski definition) is 2. The molecule has 2 rings (SSSR count). The highest BCUT2D eigenvalue weighted by Crippen LogP contribution is 2.36. The fraction of sp³-hybridized carbons (Fsp3) is 0.667. The van der Waals surface area contributed by atoms with Gasteiger partial charge in [-0.15, -0.1) is 0 Å². The standard InChI is InChI=1S/C9H13NO/c1-9(2)5-3-4-7-6-10-11-8(7)9/h6H,3-5H2,1-2H3. The molecular formula is C9H13NO. The van der Waals surface area contributed by atoms with Crippen molar-refractivity contribution in [3.8, 4) is 0 Å². The summed E-state index contributed by atoms with van der Waals surface area (Å²) in [5.74, 6) is 1.10. The minimum atomic E-state index is 0.212. The third-order valence-electron chi connectivity index (χ3n) is 2.51. The summed E-state index contributed by atoms with van der Waals surface area (Å²) < 4.78 is 5.22. The molecule has 2 heteroatoms. The first-order valence-corrected chi connectivity index (χ1v) is 4.14. The summed E-state index contributed by atoms with van der Waals surface area (Å²) in [4.78, 5) is 0. The molecule has 0 spiro atoms. The average molecular weight is 151 g/mol. The van der Waals surface area contributed by atoms with Crippen molar-refractivity contribution >= 4 is 0 Å². The Kier molecular flexibility index (Phi) is 1.31. The monoisotopic (exact) mass is 151 g/mol. The lowest BCUT2D eigenvalue weighted by Crippen LogP contribution is -2.22. The minimum Gasteiger partial charge on any atom is -0.361 e. The van der Waals surface area contributed by atoms with Crippen LogP contribution in [-0.2, 0) is 11.8 Å². The van der Waals surface area contributed by atoms with Gasteiger partial charge in [-0.05, 0) is 19.3 Å². The quantitative estimate of drug-likeness (QED) is 0.568. The Balaban J connectivity index is 2.48. The van der Waals surface area contributed by atoms with Gasteiger partial charge in [-0.1, -0.05) is 19.0 Å². The summed E-state index contributed by atoms with van der Waals surface area (Å²) in [6.45, 7) is 4.44. The van der Waals surface area contributed by atoms with E-state index in [2.05, 4.69) is 19.0 Å². The van der Waals surface area contributed by atoms with Gasteiger partial charge >= 0.3 is 0 Å². The number of aromatic nitrogens is 1. The predicted octanol–water partition coefficient (Wildman–Crippen LogP) is 2.29. The Morgan fingerprint density at radius 2 is 2.36 bits per heavy atom. The fourth-order valence-electron chi connectivity index (χ4n) is 1.83. The van der Waals surface area contributed by atoms with Gasteiger partial charge in [-0.25, -0.2) is 0 Å². The summed E-state index contributed by atoms with van der Waals surface area (Å²) in [6, 6.07) is 0. The van der Waals surface area contributed by atoms with E-state index in [1.54, 1.807) is 0 Å². The summed E-state index contributed by atoms with van der Waals surface area (Å²) in [5, 5.41) is 3.82. The predicted molar refractivity (Wildman–Crippen MR) is 42.5 cm³/mol. The van der Waals surface area contributed by atoms with Crippen LogP contribution in [0, 0.1) is 0 Å². The summed E-state index contributed by atoms with van der Waals surface area (Å²) in [5.41, 5.74) is 1.52. The van der Waals surface area contributed by atoms with Crippen LogP contribution in [-0.4, -0.2) is 5.16 Å². The van der Waals surface area contributed by atoms with Crippen molar-refractivity contribution in [1.82, 2.24) is 5.16 Å². The molecular weight excluding hydrogens is 138 g/mol. The molecule has 11 heavy (non-hydrogen) atoms. The molecule has 0 aromatic carbocycles. The van der Waals surface area contributed by atoms with E-state index in [1.807, 2.05) is 6.20 Å². The van der Waals surface area contributed by atoms with Crippen molar-refractivity contribution in [2.75, 3.05) is 0 Å². The van der Waals surface area contributed by atoms with Crippen molar-refractivity contribution in [2.24, 2.45) is 0 Å². The maximum Gasteiger partial charge on any atom is 0.145 e. The van der Waals surface area contributed by atoms with E-state index in [4.69, 9.17) is 4.52 Å². The molecule has 60 valence electrons. The number of nitrogens with zero attached hydrogens (tertiary/aromatic N) is 1. The van der Waals surface area contributed by atoms with Gasteiger partial charge in [-0.3, -0.25) is 0 Å². The van der Waals surface area contributed by atoms with Crippen LogP contribution in [0.25, 0.3) is 0 Å². The zero-order chi connectivity index (χ0) is 7.90. The number of hydrogen-bond donors (Lipinski definition) is 0. The zero-order valence-corrected chi connectivity index (χ0v) is 7.05. The molecule has 1 aromatic rings. The Hall–Kier alpha value is -0.790. The first-order valence-electron chi connectivity index (χ1n) is 4.14. The Morgan fingerprint density at radius 3 is 3.09 bits per heavy atom. The third kappa shape index (κ3) is 0.971. The van der Waals surface area contributed by atoms with Gasteiger partial charge in [0.1, 0.15) is 5.76 Å². The lowest BCUT2D eigenvalue weighted by molar-refractivity contribution is 0.287. The first-order chi connectivity index (χ1) is 5.20. The van der Waals surface area contributed by atoms with E-state index in [0.29, 0.717) is 0 Å². The van der Waals surface area contributed by atoms with Crippen LogP contribution in [0.1, 0.15) is 38.0 Å². The second-order valence-corrected chi connectivity index (χ2v) is 3.92. The molecule has 0 amide bonds. The van der Waals surface area contributed by atoms with Gasteiger partial charge in [0.25, 0.3) is 0 Å². The molecule has 1 aliphatic carbocycles. The number of rotatable bonds is 0. The molecule has 0 atom stereocenters. The Morgan fingerprint density at radius 1 is 1.55 bits per heavy atom. The second-order valence-electron chi connectivity index (χ2n) is 3.92. The summed E-state index contributed by atoms with van der Waals surface area (Å²) in [7, 11) is 0. The molecule has 1 heterocycles. The molecule has 0 radical (unpaired) electrons. The van der Waals surface area contributed by atoms with E-state index < -0.39 is 0 Å². The Bertz CT molecular complexity index is 262. The lowest BCUT2D eigenvalue weighted by atomic mass is 9.78. The van der Waals surface area contributed by atoms with Crippen LogP contribution >= 0.6 is 0 Å². The van der Waals surface area contributed by atoms with Gasteiger partial charge in [-0.2, -0.15) is 0 Å². The van der Waals surface area contributed by atoms with E-state index in [0.717, 1.165) is 12.2 Å². The SMILES string of the molecule is CC1(C)CCCc2cnoc21. The van der Waals surface area contributed by atoms with Crippen molar-refractivity contribution < 1.29 is 4.52 Å². The van der Waals surface area contributed by atoms with E-state index in [1.165, 1.54) is 18.4 Å². The van der Waals surface area contributed by atoms with Crippen molar-refractivity contribution in [2.45, 2.75) is 38.5 Å². The van der Waals surface area contributed by atoms with Gasteiger partial charge in [0.2, 0.25) is 0 Å². The summed E-state index contributed by atoms with van der Waals surface area (Å²) >= 11 is 0.